The fourth-order valence-corrected chi connectivity index (χ4v) is 4.11. The van der Waals surface area contributed by atoms with Crippen molar-refractivity contribution in [3.8, 4) is 17.2 Å². The van der Waals surface area contributed by atoms with Crippen LogP contribution in [-0.2, 0) is 0 Å². The van der Waals surface area contributed by atoms with Crippen LogP contribution in [0, 0.1) is 0 Å². The topological polar surface area (TPSA) is 43.8 Å². The highest BCUT2D eigenvalue weighted by molar-refractivity contribution is 5.51. The zero-order valence-electron chi connectivity index (χ0n) is 17.8. The van der Waals surface area contributed by atoms with Gasteiger partial charge in [0, 0.05) is 18.4 Å². The molecule has 1 aromatic heterocycles. The minimum absolute atomic E-state index is 0.541. The molecule has 1 aliphatic rings. The molecule has 2 aromatic rings. The van der Waals surface area contributed by atoms with Crippen molar-refractivity contribution in [3.63, 3.8) is 0 Å². The summed E-state index contributed by atoms with van der Waals surface area (Å²) in [6.07, 6.45) is 12.4. The van der Waals surface area contributed by atoms with E-state index in [9.17, 15) is 0 Å². The quantitative estimate of drug-likeness (QED) is 0.483. The minimum Gasteiger partial charge on any atom is -0.493 e. The van der Waals surface area contributed by atoms with Crippen molar-refractivity contribution in [1.29, 1.82) is 0 Å². The van der Waals surface area contributed by atoms with Crippen LogP contribution >= 0.6 is 0 Å². The zero-order chi connectivity index (χ0) is 20.3. The molecule has 3 rings (SSSR count). The molecule has 29 heavy (non-hydrogen) atoms. The van der Waals surface area contributed by atoms with Gasteiger partial charge >= 0.3 is 0 Å². The molecule has 5 heteroatoms. The monoisotopic (exact) mass is 398 g/mol. The Labute approximate surface area is 175 Å². The van der Waals surface area contributed by atoms with Gasteiger partial charge in [0.2, 0.25) is 5.75 Å². The van der Waals surface area contributed by atoms with Gasteiger partial charge in [-0.25, -0.2) is 0 Å². The molecule has 1 atom stereocenters. The van der Waals surface area contributed by atoms with Gasteiger partial charge in [0.15, 0.2) is 11.5 Å². The number of unbranched alkanes of at least 4 members (excludes halogenated alkanes) is 3. The first-order valence-corrected chi connectivity index (χ1v) is 10.8. The average Bonchev–Trinajstić information content (AvgIpc) is 2.79. The van der Waals surface area contributed by atoms with Crippen molar-refractivity contribution in [2.24, 2.45) is 0 Å². The molecule has 0 unspecified atom stereocenters. The van der Waals surface area contributed by atoms with E-state index in [2.05, 4.69) is 22.0 Å². The van der Waals surface area contributed by atoms with E-state index < -0.39 is 0 Å². The molecular weight excluding hydrogens is 364 g/mol. The van der Waals surface area contributed by atoms with Crippen molar-refractivity contribution in [1.82, 2.24) is 9.88 Å². The van der Waals surface area contributed by atoms with Crippen LogP contribution in [0.15, 0.2) is 42.7 Å². The summed E-state index contributed by atoms with van der Waals surface area (Å²) in [6.45, 7) is 3.05. The lowest BCUT2D eigenvalue weighted by Gasteiger charge is -2.36. The Morgan fingerprint density at radius 2 is 1.76 bits per heavy atom. The van der Waals surface area contributed by atoms with Crippen molar-refractivity contribution in [2.75, 3.05) is 33.9 Å². The van der Waals surface area contributed by atoms with Crippen LogP contribution in [0.2, 0.25) is 0 Å². The Hall–Kier alpha value is -2.27. The predicted octanol–water partition coefficient (Wildman–Crippen LogP) is 5.27. The average molecular weight is 399 g/mol. The Bertz CT molecular complexity index is 701. The normalized spacial score (nSPS) is 17.1. The zero-order valence-corrected chi connectivity index (χ0v) is 17.8. The van der Waals surface area contributed by atoms with E-state index in [1.807, 2.05) is 30.6 Å². The number of para-hydroxylation sites is 1. The summed E-state index contributed by atoms with van der Waals surface area (Å²) in [4.78, 5) is 6.97. The van der Waals surface area contributed by atoms with E-state index in [0.717, 1.165) is 17.9 Å². The summed E-state index contributed by atoms with van der Waals surface area (Å²) >= 11 is 0. The smallest absolute Gasteiger partial charge is 0.203 e. The van der Waals surface area contributed by atoms with Crippen molar-refractivity contribution < 1.29 is 14.2 Å². The molecule has 2 heterocycles. The van der Waals surface area contributed by atoms with Crippen LogP contribution in [0.1, 0.15) is 56.6 Å². The molecule has 1 aliphatic heterocycles. The molecule has 0 bridgehead atoms. The number of piperidine rings is 1. The molecule has 0 N–H and O–H groups in total. The van der Waals surface area contributed by atoms with E-state index >= 15 is 0 Å². The Kier molecular flexibility index (Phi) is 8.62. The maximum absolute atomic E-state index is 5.95. The molecule has 0 saturated carbocycles. The van der Waals surface area contributed by atoms with Crippen LogP contribution in [-0.4, -0.2) is 43.8 Å². The van der Waals surface area contributed by atoms with Gasteiger partial charge in [-0.3, -0.25) is 9.88 Å². The van der Waals surface area contributed by atoms with Crippen LogP contribution in [0.4, 0.5) is 0 Å². The maximum Gasteiger partial charge on any atom is 0.203 e. The molecule has 0 radical (unpaired) electrons. The molecule has 0 spiro atoms. The van der Waals surface area contributed by atoms with E-state index in [0.29, 0.717) is 18.4 Å². The van der Waals surface area contributed by atoms with Crippen LogP contribution in [0.5, 0.6) is 17.2 Å². The van der Waals surface area contributed by atoms with Crippen LogP contribution < -0.4 is 14.2 Å². The highest BCUT2D eigenvalue weighted by atomic mass is 16.5. The van der Waals surface area contributed by atoms with E-state index in [1.54, 1.807) is 14.2 Å². The van der Waals surface area contributed by atoms with Gasteiger partial charge in [0.1, 0.15) is 0 Å². The number of hydrogen-bond acceptors (Lipinski definition) is 5. The second-order valence-electron chi connectivity index (χ2n) is 7.59. The first-order chi connectivity index (χ1) is 14.3. The summed E-state index contributed by atoms with van der Waals surface area (Å²) in [5.74, 6) is 2.14. The number of methoxy groups -OCH3 is 2. The van der Waals surface area contributed by atoms with Gasteiger partial charge < -0.3 is 14.2 Å². The van der Waals surface area contributed by atoms with Gasteiger partial charge in [0.05, 0.1) is 20.8 Å². The lowest BCUT2D eigenvalue weighted by atomic mass is 9.96. The lowest BCUT2D eigenvalue weighted by molar-refractivity contribution is 0.145. The summed E-state index contributed by atoms with van der Waals surface area (Å²) in [5, 5.41) is 0. The van der Waals surface area contributed by atoms with E-state index in [4.69, 9.17) is 14.2 Å². The number of nitrogens with zero attached hydrogens (tertiary/aromatic N) is 2. The molecule has 1 aromatic carbocycles. The highest BCUT2D eigenvalue weighted by Gasteiger charge is 2.23. The third-order valence-electron chi connectivity index (χ3n) is 5.65. The van der Waals surface area contributed by atoms with Gasteiger partial charge in [-0.2, -0.15) is 0 Å². The van der Waals surface area contributed by atoms with E-state index in [-0.39, 0.29) is 0 Å². The summed E-state index contributed by atoms with van der Waals surface area (Å²) in [6, 6.07) is 10.5. The first kappa shape index (κ1) is 21.4. The minimum atomic E-state index is 0.541. The van der Waals surface area contributed by atoms with Gasteiger partial charge in [0.25, 0.3) is 0 Å². The Balaban J connectivity index is 1.37. The Morgan fingerprint density at radius 3 is 2.48 bits per heavy atom. The van der Waals surface area contributed by atoms with Crippen LogP contribution in [0.3, 0.4) is 0 Å². The largest absolute Gasteiger partial charge is 0.493 e. The van der Waals surface area contributed by atoms with Crippen molar-refractivity contribution in [2.45, 2.75) is 51.0 Å². The summed E-state index contributed by atoms with van der Waals surface area (Å²) < 4.78 is 16.7. The van der Waals surface area contributed by atoms with Crippen molar-refractivity contribution >= 4 is 0 Å². The number of rotatable bonds is 11. The maximum atomic E-state index is 5.95. The van der Waals surface area contributed by atoms with Crippen LogP contribution in [0.25, 0.3) is 0 Å². The predicted molar refractivity (Wildman–Crippen MR) is 116 cm³/mol. The summed E-state index contributed by atoms with van der Waals surface area (Å²) in [7, 11) is 3.31. The Morgan fingerprint density at radius 1 is 0.966 bits per heavy atom. The lowest BCUT2D eigenvalue weighted by Crippen LogP contribution is -2.34. The van der Waals surface area contributed by atoms with Crippen molar-refractivity contribution in [3.05, 3.63) is 48.3 Å². The van der Waals surface area contributed by atoms with Gasteiger partial charge in [-0.1, -0.05) is 31.4 Å². The highest BCUT2D eigenvalue weighted by Crippen LogP contribution is 2.37. The number of likely N-dealkylation sites (tertiary alicyclic amines) is 1. The molecule has 0 aliphatic carbocycles. The fraction of sp³-hybridized carbons (Fsp3) is 0.542. The summed E-state index contributed by atoms with van der Waals surface area (Å²) in [5.41, 5.74) is 1.37. The van der Waals surface area contributed by atoms with Gasteiger partial charge in [-0.05, 0) is 62.5 Å². The number of ether oxygens (including phenoxy) is 3. The number of hydrogen-bond donors (Lipinski definition) is 0. The van der Waals surface area contributed by atoms with Gasteiger partial charge in [-0.15, -0.1) is 0 Å². The first-order valence-electron chi connectivity index (χ1n) is 10.8. The fourth-order valence-electron chi connectivity index (χ4n) is 4.11. The number of aromatic nitrogens is 1. The third kappa shape index (κ3) is 6.10. The molecule has 5 nitrogen and oxygen atoms in total. The van der Waals surface area contributed by atoms with E-state index in [1.165, 1.54) is 57.2 Å². The molecule has 0 amide bonds. The molecular formula is C24H34N2O3. The second kappa shape index (κ2) is 11.7. The molecule has 1 fully saturated rings. The third-order valence-corrected chi connectivity index (χ3v) is 5.65. The molecule has 1 saturated heterocycles. The SMILES string of the molecule is COc1cccc(OC)c1OCCCCCCN1CCCC[C@H]1c1cccnc1. The second-order valence-corrected chi connectivity index (χ2v) is 7.59. The number of pyridine rings is 1. The molecule has 158 valence electrons. The number of benzene rings is 1. The standard InChI is InChI=1S/C24H34N2O3/c1-27-22-13-9-14-23(28-2)24(22)29-18-8-4-3-6-16-26-17-7-5-12-21(26)20-11-10-15-25-19-20/h9-11,13-15,19,21H,3-8,12,16-18H2,1-2H3/t21-/m0/s1.